The molecule has 0 spiro atoms. The summed E-state index contributed by atoms with van der Waals surface area (Å²) in [5.41, 5.74) is 2.73. The topological polar surface area (TPSA) is 29.4 Å². The number of hydrogen-bond donors (Lipinski definition) is 0. The number of ketones is 1. The Kier molecular flexibility index (Phi) is 4.22. The van der Waals surface area contributed by atoms with E-state index >= 15 is 0 Å². The second-order valence-electron chi connectivity index (χ2n) is 3.47. The van der Waals surface area contributed by atoms with Gasteiger partial charge in [-0.2, -0.15) is 0 Å². The van der Waals surface area contributed by atoms with Gasteiger partial charge in [-0.15, -0.1) is 0 Å². The Balaban J connectivity index is 3.05. The SMILES string of the molecule is CCN=C(C(=O)CC)c1ccc(C)cc1. The van der Waals surface area contributed by atoms with Gasteiger partial charge in [0.1, 0.15) is 5.71 Å². The number of rotatable bonds is 4. The number of carbonyl (C=O) groups is 1. The van der Waals surface area contributed by atoms with Gasteiger partial charge in [-0.25, -0.2) is 0 Å². The first-order valence-corrected chi connectivity index (χ1v) is 5.33. The average molecular weight is 203 g/mol. The molecule has 0 aliphatic carbocycles. The van der Waals surface area contributed by atoms with E-state index in [-0.39, 0.29) is 5.78 Å². The summed E-state index contributed by atoms with van der Waals surface area (Å²) in [4.78, 5) is 15.9. The fourth-order valence-corrected chi connectivity index (χ4v) is 1.38. The molecule has 2 nitrogen and oxygen atoms in total. The number of Topliss-reactive ketones (excluding diaryl/α,β-unsaturated/α-hetero) is 1. The van der Waals surface area contributed by atoms with Crippen molar-refractivity contribution in [3.63, 3.8) is 0 Å². The van der Waals surface area contributed by atoms with E-state index in [9.17, 15) is 4.79 Å². The number of benzene rings is 1. The molecule has 0 radical (unpaired) electrons. The van der Waals surface area contributed by atoms with Crippen LogP contribution in [-0.2, 0) is 4.79 Å². The molecule has 0 unspecified atom stereocenters. The fraction of sp³-hybridized carbons (Fsp3) is 0.385. The van der Waals surface area contributed by atoms with Gasteiger partial charge in [-0.3, -0.25) is 9.79 Å². The summed E-state index contributed by atoms with van der Waals surface area (Å²) < 4.78 is 0. The van der Waals surface area contributed by atoms with Crippen LogP contribution in [0.15, 0.2) is 29.3 Å². The summed E-state index contributed by atoms with van der Waals surface area (Å²) in [6.07, 6.45) is 0.507. The van der Waals surface area contributed by atoms with Crippen LogP contribution < -0.4 is 0 Å². The van der Waals surface area contributed by atoms with Crippen LogP contribution in [0.2, 0.25) is 0 Å². The highest BCUT2D eigenvalue weighted by Crippen LogP contribution is 2.07. The zero-order valence-corrected chi connectivity index (χ0v) is 9.58. The molecule has 0 aromatic heterocycles. The summed E-state index contributed by atoms with van der Waals surface area (Å²) >= 11 is 0. The lowest BCUT2D eigenvalue weighted by molar-refractivity contribution is -0.112. The van der Waals surface area contributed by atoms with Gasteiger partial charge in [0.25, 0.3) is 0 Å². The van der Waals surface area contributed by atoms with Gasteiger partial charge in [0.2, 0.25) is 0 Å². The van der Waals surface area contributed by atoms with Crippen molar-refractivity contribution in [2.45, 2.75) is 27.2 Å². The predicted octanol–water partition coefficient (Wildman–Crippen LogP) is 2.78. The van der Waals surface area contributed by atoms with Gasteiger partial charge in [-0.1, -0.05) is 36.8 Å². The Labute approximate surface area is 91.0 Å². The van der Waals surface area contributed by atoms with E-state index in [2.05, 4.69) is 4.99 Å². The molecule has 0 saturated heterocycles. The monoisotopic (exact) mass is 203 g/mol. The maximum absolute atomic E-state index is 11.7. The van der Waals surface area contributed by atoms with Crippen LogP contribution >= 0.6 is 0 Å². The highest BCUT2D eigenvalue weighted by atomic mass is 16.1. The van der Waals surface area contributed by atoms with Crippen LogP contribution in [0.3, 0.4) is 0 Å². The minimum atomic E-state index is 0.112. The summed E-state index contributed by atoms with van der Waals surface area (Å²) in [7, 11) is 0. The largest absolute Gasteiger partial charge is 0.292 e. The summed E-state index contributed by atoms with van der Waals surface area (Å²) in [6, 6.07) is 7.92. The second kappa shape index (κ2) is 5.44. The molecular weight excluding hydrogens is 186 g/mol. The third-order valence-electron chi connectivity index (χ3n) is 2.23. The fourth-order valence-electron chi connectivity index (χ4n) is 1.38. The van der Waals surface area contributed by atoms with Crippen LogP contribution in [0.5, 0.6) is 0 Å². The maximum Gasteiger partial charge on any atom is 0.181 e. The molecule has 0 heterocycles. The Morgan fingerprint density at radius 1 is 1.20 bits per heavy atom. The lowest BCUT2D eigenvalue weighted by Crippen LogP contribution is -2.14. The molecule has 15 heavy (non-hydrogen) atoms. The van der Waals surface area contributed by atoms with E-state index in [4.69, 9.17) is 0 Å². The molecule has 0 fully saturated rings. The highest BCUT2D eigenvalue weighted by molar-refractivity contribution is 6.46. The zero-order valence-electron chi connectivity index (χ0n) is 9.58. The first kappa shape index (κ1) is 11.6. The normalized spacial score (nSPS) is 11.5. The van der Waals surface area contributed by atoms with Crippen molar-refractivity contribution in [2.75, 3.05) is 6.54 Å². The Hall–Kier alpha value is -1.44. The van der Waals surface area contributed by atoms with E-state index in [1.54, 1.807) is 0 Å². The highest BCUT2D eigenvalue weighted by Gasteiger charge is 2.10. The van der Waals surface area contributed by atoms with Crippen molar-refractivity contribution in [1.82, 2.24) is 0 Å². The van der Waals surface area contributed by atoms with E-state index in [1.807, 2.05) is 45.0 Å². The third kappa shape index (κ3) is 3.01. The van der Waals surface area contributed by atoms with E-state index < -0.39 is 0 Å². The first-order chi connectivity index (χ1) is 7.19. The number of nitrogens with zero attached hydrogens (tertiary/aromatic N) is 1. The lowest BCUT2D eigenvalue weighted by atomic mass is 10.0. The van der Waals surface area contributed by atoms with Gasteiger partial charge >= 0.3 is 0 Å². The van der Waals surface area contributed by atoms with Crippen molar-refractivity contribution < 1.29 is 4.79 Å². The van der Waals surface area contributed by atoms with Gasteiger partial charge in [0.05, 0.1) is 0 Å². The molecule has 0 atom stereocenters. The van der Waals surface area contributed by atoms with Crippen LogP contribution in [0.1, 0.15) is 31.4 Å². The third-order valence-corrected chi connectivity index (χ3v) is 2.23. The molecule has 0 aliphatic rings. The average Bonchev–Trinajstić information content (AvgIpc) is 2.26. The van der Waals surface area contributed by atoms with Crippen molar-refractivity contribution >= 4 is 11.5 Å². The molecule has 2 heteroatoms. The van der Waals surface area contributed by atoms with Gasteiger partial charge < -0.3 is 0 Å². The number of hydrogen-bond acceptors (Lipinski definition) is 2. The predicted molar refractivity (Wildman–Crippen MR) is 63.6 cm³/mol. The van der Waals surface area contributed by atoms with Crippen molar-refractivity contribution in [1.29, 1.82) is 0 Å². The maximum atomic E-state index is 11.7. The molecule has 0 amide bonds. The molecule has 0 bridgehead atoms. The standard InChI is InChI=1S/C13H17NO/c1-4-12(15)13(14-5-2)11-8-6-10(3)7-9-11/h6-9H,4-5H2,1-3H3. The minimum absolute atomic E-state index is 0.112. The van der Waals surface area contributed by atoms with Crippen LogP contribution in [0.4, 0.5) is 0 Å². The molecular formula is C13H17NO. The van der Waals surface area contributed by atoms with Gasteiger partial charge in [-0.05, 0) is 13.8 Å². The minimum Gasteiger partial charge on any atom is -0.292 e. The van der Waals surface area contributed by atoms with Crippen molar-refractivity contribution in [3.05, 3.63) is 35.4 Å². The Bertz CT molecular complexity index is 363. The van der Waals surface area contributed by atoms with Crippen LogP contribution in [-0.4, -0.2) is 18.0 Å². The number of aryl methyl sites for hydroxylation is 1. The lowest BCUT2D eigenvalue weighted by Gasteiger charge is -2.04. The quantitative estimate of drug-likeness (QED) is 0.692. The van der Waals surface area contributed by atoms with Crippen LogP contribution in [0, 0.1) is 6.92 Å². The van der Waals surface area contributed by atoms with Crippen molar-refractivity contribution in [2.24, 2.45) is 4.99 Å². The van der Waals surface area contributed by atoms with E-state index in [0.717, 1.165) is 5.56 Å². The molecule has 1 rings (SSSR count). The van der Waals surface area contributed by atoms with Crippen molar-refractivity contribution in [3.8, 4) is 0 Å². The van der Waals surface area contributed by atoms with E-state index in [0.29, 0.717) is 18.7 Å². The molecule has 0 N–H and O–H groups in total. The first-order valence-electron chi connectivity index (χ1n) is 5.33. The molecule has 1 aromatic carbocycles. The summed E-state index contributed by atoms with van der Waals surface area (Å²) in [5.74, 6) is 0.112. The zero-order chi connectivity index (χ0) is 11.3. The molecule has 1 aromatic rings. The number of aliphatic imine (C=N–C) groups is 1. The molecule has 80 valence electrons. The smallest absolute Gasteiger partial charge is 0.181 e. The Morgan fingerprint density at radius 2 is 1.80 bits per heavy atom. The Morgan fingerprint density at radius 3 is 2.27 bits per heavy atom. The summed E-state index contributed by atoms with van der Waals surface area (Å²) in [6.45, 7) is 6.48. The van der Waals surface area contributed by atoms with Crippen LogP contribution in [0.25, 0.3) is 0 Å². The second-order valence-corrected chi connectivity index (χ2v) is 3.47. The summed E-state index contributed by atoms with van der Waals surface area (Å²) in [5, 5.41) is 0. The van der Waals surface area contributed by atoms with Gasteiger partial charge in [0, 0.05) is 18.5 Å². The van der Waals surface area contributed by atoms with E-state index in [1.165, 1.54) is 5.56 Å². The number of carbonyl (C=O) groups excluding carboxylic acids is 1. The molecule has 0 aliphatic heterocycles. The molecule has 0 saturated carbocycles. The van der Waals surface area contributed by atoms with Gasteiger partial charge in [0.15, 0.2) is 5.78 Å².